The van der Waals surface area contributed by atoms with Crippen LogP contribution in [0.25, 0.3) is 0 Å². The van der Waals surface area contributed by atoms with E-state index in [1.165, 1.54) is 7.11 Å². The zero-order valence-corrected chi connectivity index (χ0v) is 19.1. The summed E-state index contributed by atoms with van der Waals surface area (Å²) in [6.07, 6.45) is -0.126. The standard InChI is InChI=1S/C22H22BrN3O6/c1-13-9-15(7-8-17(13)23)24-19(27)12-32-22(30)14-10-20(28)26(11-14)25-21(29)16-5-3-4-6-18(16)31-2/h3-9,14H,10-12H2,1-2H3,(H,24,27)(H,25,29)/t14-/m1/s1. The zero-order valence-electron chi connectivity index (χ0n) is 17.5. The maximum Gasteiger partial charge on any atom is 0.311 e. The minimum absolute atomic E-state index is 0.0495. The summed E-state index contributed by atoms with van der Waals surface area (Å²) >= 11 is 3.38. The Morgan fingerprint density at radius 3 is 2.66 bits per heavy atom. The first-order chi connectivity index (χ1) is 15.3. The van der Waals surface area contributed by atoms with Gasteiger partial charge in [0, 0.05) is 16.6 Å². The third-order valence-corrected chi connectivity index (χ3v) is 5.72. The normalized spacial score (nSPS) is 15.3. The van der Waals surface area contributed by atoms with Crippen LogP contribution in [-0.4, -0.2) is 49.0 Å². The number of ether oxygens (including phenoxy) is 2. The number of rotatable bonds is 7. The SMILES string of the molecule is COc1ccccc1C(=O)NN1C[C@H](C(=O)OCC(=O)Nc2ccc(Br)c(C)c2)CC1=O. The number of carbonyl (C=O) groups excluding carboxylic acids is 4. The van der Waals surface area contributed by atoms with Gasteiger partial charge in [0.1, 0.15) is 5.75 Å². The maximum atomic E-state index is 12.5. The first kappa shape index (κ1) is 23.3. The van der Waals surface area contributed by atoms with Gasteiger partial charge in [-0.2, -0.15) is 0 Å². The number of benzene rings is 2. The third kappa shape index (κ3) is 5.64. The second kappa shape index (κ2) is 10.3. The number of nitrogens with one attached hydrogen (secondary N) is 2. The summed E-state index contributed by atoms with van der Waals surface area (Å²) in [4.78, 5) is 49.1. The Hall–Kier alpha value is -3.40. The highest BCUT2D eigenvalue weighted by atomic mass is 79.9. The van der Waals surface area contributed by atoms with Gasteiger partial charge in [-0.25, -0.2) is 0 Å². The molecule has 0 radical (unpaired) electrons. The minimum Gasteiger partial charge on any atom is -0.496 e. The molecule has 1 atom stereocenters. The van der Waals surface area contributed by atoms with E-state index in [4.69, 9.17) is 9.47 Å². The second-order valence-electron chi connectivity index (χ2n) is 7.17. The number of hydrazine groups is 1. The Kier molecular flexibility index (Phi) is 7.47. The zero-order chi connectivity index (χ0) is 23.3. The van der Waals surface area contributed by atoms with E-state index in [9.17, 15) is 19.2 Å². The first-order valence-corrected chi connectivity index (χ1v) is 10.5. The molecule has 2 aromatic carbocycles. The van der Waals surface area contributed by atoms with Crippen molar-refractivity contribution in [3.8, 4) is 5.75 Å². The molecule has 0 bridgehead atoms. The van der Waals surface area contributed by atoms with Gasteiger partial charge in [-0.05, 0) is 42.8 Å². The molecule has 1 heterocycles. The van der Waals surface area contributed by atoms with E-state index >= 15 is 0 Å². The van der Waals surface area contributed by atoms with Crippen molar-refractivity contribution in [2.75, 3.05) is 25.6 Å². The Bertz CT molecular complexity index is 1060. The Morgan fingerprint density at radius 1 is 1.19 bits per heavy atom. The largest absolute Gasteiger partial charge is 0.496 e. The molecule has 3 rings (SSSR count). The van der Waals surface area contributed by atoms with Gasteiger partial charge >= 0.3 is 5.97 Å². The van der Waals surface area contributed by atoms with Crippen LogP contribution in [0.5, 0.6) is 5.75 Å². The van der Waals surface area contributed by atoms with Gasteiger partial charge in [0.2, 0.25) is 5.91 Å². The molecule has 0 saturated carbocycles. The van der Waals surface area contributed by atoms with Crippen LogP contribution < -0.4 is 15.5 Å². The van der Waals surface area contributed by atoms with E-state index < -0.39 is 36.2 Å². The average Bonchev–Trinajstić information content (AvgIpc) is 3.14. The molecular weight excluding hydrogens is 482 g/mol. The highest BCUT2D eigenvalue weighted by Crippen LogP contribution is 2.21. The molecule has 10 heteroatoms. The summed E-state index contributed by atoms with van der Waals surface area (Å²) in [6.45, 7) is 1.35. The second-order valence-corrected chi connectivity index (χ2v) is 8.02. The highest BCUT2D eigenvalue weighted by molar-refractivity contribution is 9.10. The van der Waals surface area contributed by atoms with Crippen LogP contribution in [-0.2, 0) is 19.1 Å². The summed E-state index contributed by atoms with van der Waals surface area (Å²) < 4.78 is 11.1. The van der Waals surface area contributed by atoms with E-state index in [0.717, 1.165) is 15.0 Å². The van der Waals surface area contributed by atoms with E-state index in [0.29, 0.717) is 11.4 Å². The molecule has 0 aliphatic carbocycles. The topological polar surface area (TPSA) is 114 Å². The molecule has 0 unspecified atom stereocenters. The van der Waals surface area contributed by atoms with Gasteiger partial charge < -0.3 is 14.8 Å². The van der Waals surface area contributed by atoms with Crippen molar-refractivity contribution in [2.24, 2.45) is 5.92 Å². The molecule has 9 nitrogen and oxygen atoms in total. The minimum atomic E-state index is -0.789. The summed E-state index contributed by atoms with van der Waals surface area (Å²) in [5.74, 6) is -2.57. The van der Waals surface area contributed by atoms with Crippen molar-refractivity contribution in [1.29, 1.82) is 0 Å². The van der Waals surface area contributed by atoms with E-state index in [1.54, 1.807) is 42.5 Å². The molecule has 0 spiro atoms. The van der Waals surface area contributed by atoms with Crippen LogP contribution >= 0.6 is 15.9 Å². The number of anilines is 1. The van der Waals surface area contributed by atoms with Crippen molar-refractivity contribution in [2.45, 2.75) is 13.3 Å². The molecule has 1 aliphatic rings. The number of para-hydroxylation sites is 1. The molecule has 3 amide bonds. The number of amides is 3. The molecule has 1 aliphatic heterocycles. The molecule has 2 N–H and O–H groups in total. The summed E-state index contributed by atoms with van der Waals surface area (Å²) in [6, 6.07) is 11.9. The molecule has 0 aromatic heterocycles. The lowest BCUT2D eigenvalue weighted by Crippen LogP contribution is -2.43. The van der Waals surface area contributed by atoms with Gasteiger partial charge in [0.15, 0.2) is 6.61 Å². The lowest BCUT2D eigenvalue weighted by Gasteiger charge is -2.18. The van der Waals surface area contributed by atoms with Gasteiger partial charge in [-0.15, -0.1) is 0 Å². The Labute approximate surface area is 193 Å². The van der Waals surface area contributed by atoms with Crippen LogP contribution in [0.1, 0.15) is 22.3 Å². The molecule has 1 fully saturated rings. The maximum absolute atomic E-state index is 12.5. The lowest BCUT2D eigenvalue weighted by atomic mass is 10.1. The van der Waals surface area contributed by atoms with Crippen molar-refractivity contribution in [1.82, 2.24) is 10.4 Å². The number of aryl methyl sites for hydroxylation is 1. The van der Waals surface area contributed by atoms with Crippen LogP contribution in [0.4, 0.5) is 5.69 Å². The Balaban J connectivity index is 1.50. The first-order valence-electron chi connectivity index (χ1n) is 9.75. The molecule has 32 heavy (non-hydrogen) atoms. The van der Waals surface area contributed by atoms with Crippen molar-refractivity contribution in [3.05, 3.63) is 58.1 Å². The number of carbonyl (C=O) groups is 4. The van der Waals surface area contributed by atoms with E-state index in [1.807, 2.05) is 6.92 Å². The van der Waals surface area contributed by atoms with Crippen molar-refractivity contribution < 1.29 is 28.7 Å². The van der Waals surface area contributed by atoms with Crippen LogP contribution in [0, 0.1) is 12.8 Å². The summed E-state index contributed by atoms with van der Waals surface area (Å²) in [7, 11) is 1.44. The van der Waals surface area contributed by atoms with Crippen LogP contribution in [0.2, 0.25) is 0 Å². The fourth-order valence-corrected chi connectivity index (χ4v) is 3.41. The fraction of sp³-hybridized carbons (Fsp3) is 0.273. The predicted molar refractivity (Wildman–Crippen MR) is 119 cm³/mol. The van der Waals surface area contributed by atoms with Gasteiger partial charge in [-0.1, -0.05) is 28.1 Å². The summed E-state index contributed by atoms with van der Waals surface area (Å²) in [5.41, 5.74) is 4.26. The monoisotopic (exact) mass is 503 g/mol. The lowest BCUT2D eigenvalue weighted by molar-refractivity contribution is -0.151. The number of methoxy groups -OCH3 is 1. The highest BCUT2D eigenvalue weighted by Gasteiger charge is 2.37. The van der Waals surface area contributed by atoms with Crippen molar-refractivity contribution in [3.63, 3.8) is 0 Å². The van der Waals surface area contributed by atoms with Gasteiger partial charge in [0.05, 0.1) is 25.1 Å². The molecule has 2 aromatic rings. The quantitative estimate of drug-likeness (QED) is 0.560. The number of hydrogen-bond acceptors (Lipinski definition) is 6. The van der Waals surface area contributed by atoms with E-state index in [-0.39, 0.29) is 18.5 Å². The third-order valence-electron chi connectivity index (χ3n) is 4.83. The van der Waals surface area contributed by atoms with Crippen LogP contribution in [0.3, 0.4) is 0 Å². The van der Waals surface area contributed by atoms with Crippen LogP contribution in [0.15, 0.2) is 46.9 Å². The number of halogens is 1. The molecule has 168 valence electrons. The fourth-order valence-electron chi connectivity index (χ4n) is 3.16. The smallest absolute Gasteiger partial charge is 0.311 e. The molecule has 1 saturated heterocycles. The van der Waals surface area contributed by atoms with Gasteiger partial charge in [-0.3, -0.25) is 29.6 Å². The Morgan fingerprint density at radius 2 is 1.94 bits per heavy atom. The average molecular weight is 504 g/mol. The summed E-state index contributed by atoms with van der Waals surface area (Å²) in [5, 5.41) is 3.72. The predicted octanol–water partition coefficient (Wildman–Crippen LogP) is 2.44. The number of esters is 1. The van der Waals surface area contributed by atoms with Gasteiger partial charge in [0.25, 0.3) is 11.8 Å². The van der Waals surface area contributed by atoms with E-state index in [2.05, 4.69) is 26.7 Å². The number of nitrogens with zero attached hydrogens (tertiary/aromatic N) is 1. The number of hydrogen-bond donors (Lipinski definition) is 2. The van der Waals surface area contributed by atoms with Crippen molar-refractivity contribution >= 4 is 45.3 Å². The molecular formula is C22H22BrN3O6.